The zero-order valence-electron chi connectivity index (χ0n) is 17.3. The van der Waals surface area contributed by atoms with Crippen LogP contribution in [0, 0.1) is 0 Å². The van der Waals surface area contributed by atoms with E-state index in [2.05, 4.69) is 41.0 Å². The van der Waals surface area contributed by atoms with E-state index in [4.69, 9.17) is 9.47 Å². The van der Waals surface area contributed by atoms with Gasteiger partial charge in [0.15, 0.2) is 11.5 Å². The van der Waals surface area contributed by atoms with Gasteiger partial charge in [-0.05, 0) is 47.5 Å². The molecule has 6 heteroatoms. The number of nitrogens with one attached hydrogen (secondary N) is 1. The molecule has 1 N–H and O–H groups in total. The first-order chi connectivity index (χ1) is 15.3. The van der Waals surface area contributed by atoms with E-state index in [1.165, 1.54) is 10.4 Å². The smallest absolute Gasteiger partial charge is 0.237 e. The second kappa shape index (κ2) is 9.12. The highest BCUT2D eigenvalue weighted by Crippen LogP contribution is 2.38. The fourth-order valence-electron chi connectivity index (χ4n) is 4.45. The maximum Gasteiger partial charge on any atom is 0.237 e. The summed E-state index contributed by atoms with van der Waals surface area (Å²) in [4.78, 5) is 16.5. The van der Waals surface area contributed by atoms with Gasteiger partial charge in [0.05, 0.1) is 18.6 Å². The first-order valence-corrected chi connectivity index (χ1v) is 11.7. The lowest BCUT2D eigenvalue weighted by atomic mass is 10.0. The number of amides is 1. The lowest BCUT2D eigenvalue weighted by Crippen LogP contribution is -2.39. The predicted molar refractivity (Wildman–Crippen MR) is 122 cm³/mol. The third-order valence-electron chi connectivity index (χ3n) is 5.94. The molecule has 0 aliphatic carbocycles. The number of likely N-dealkylation sites (tertiary alicyclic amines) is 1. The Balaban J connectivity index is 1.30. The second-order valence-electron chi connectivity index (χ2n) is 7.89. The molecule has 5 nitrogen and oxygen atoms in total. The van der Waals surface area contributed by atoms with Crippen molar-refractivity contribution >= 4 is 17.2 Å². The number of carbonyl (C=O) groups is 1. The Morgan fingerprint density at radius 3 is 2.71 bits per heavy atom. The number of ether oxygens (including phenoxy) is 2. The first-order valence-electron chi connectivity index (χ1n) is 10.8. The van der Waals surface area contributed by atoms with Gasteiger partial charge in [0.25, 0.3) is 0 Å². The minimum atomic E-state index is 0.0143. The van der Waals surface area contributed by atoms with Gasteiger partial charge in [0, 0.05) is 11.4 Å². The fraction of sp³-hybridized carbons (Fsp3) is 0.320. The molecule has 1 fully saturated rings. The number of benzene rings is 2. The third-order valence-corrected chi connectivity index (χ3v) is 6.88. The molecule has 0 bridgehead atoms. The SMILES string of the molecule is O=C(CN[C@@H](c1ccccc1)c1cccs1)N1CCC[C@H]1c1ccc2c(c1)OCCO2. The van der Waals surface area contributed by atoms with E-state index >= 15 is 0 Å². The van der Waals surface area contributed by atoms with Crippen LogP contribution in [0.15, 0.2) is 66.0 Å². The number of nitrogens with zero attached hydrogens (tertiary/aromatic N) is 1. The number of fused-ring (bicyclic) bond motifs is 1. The highest BCUT2D eigenvalue weighted by Gasteiger charge is 2.31. The van der Waals surface area contributed by atoms with Crippen LogP contribution in [0.5, 0.6) is 11.5 Å². The largest absolute Gasteiger partial charge is 0.486 e. The van der Waals surface area contributed by atoms with Gasteiger partial charge in [0.1, 0.15) is 13.2 Å². The average Bonchev–Trinajstić information content (AvgIpc) is 3.52. The van der Waals surface area contributed by atoms with Crippen LogP contribution in [0.1, 0.15) is 40.9 Å². The van der Waals surface area contributed by atoms with E-state index in [-0.39, 0.29) is 18.0 Å². The highest BCUT2D eigenvalue weighted by molar-refractivity contribution is 7.10. The van der Waals surface area contributed by atoms with E-state index in [1.807, 2.05) is 35.2 Å². The summed E-state index contributed by atoms with van der Waals surface area (Å²) in [6, 6.07) is 20.6. The van der Waals surface area contributed by atoms with Crippen LogP contribution in [-0.2, 0) is 4.79 Å². The van der Waals surface area contributed by atoms with Crippen LogP contribution in [0.2, 0.25) is 0 Å². The van der Waals surface area contributed by atoms with Gasteiger partial charge in [-0.15, -0.1) is 11.3 Å². The molecule has 5 rings (SSSR count). The molecular formula is C25H26N2O3S. The van der Waals surface area contributed by atoms with E-state index in [1.54, 1.807) is 11.3 Å². The molecule has 31 heavy (non-hydrogen) atoms. The molecule has 160 valence electrons. The van der Waals surface area contributed by atoms with Crippen LogP contribution in [0.4, 0.5) is 0 Å². The topological polar surface area (TPSA) is 50.8 Å². The molecule has 2 aromatic carbocycles. The van der Waals surface area contributed by atoms with Gasteiger partial charge in [-0.3, -0.25) is 10.1 Å². The molecule has 0 unspecified atom stereocenters. The Kier molecular flexibility index (Phi) is 5.91. The Bertz CT molecular complexity index is 1020. The molecule has 2 aliphatic heterocycles. The summed E-state index contributed by atoms with van der Waals surface area (Å²) < 4.78 is 11.4. The minimum absolute atomic E-state index is 0.0143. The van der Waals surface area contributed by atoms with Crippen molar-refractivity contribution in [2.24, 2.45) is 0 Å². The number of hydrogen-bond acceptors (Lipinski definition) is 5. The standard InChI is InChI=1S/C25H26N2O3S/c28-24(17-26-25(23-9-5-15-31-23)18-6-2-1-3-7-18)27-12-4-8-20(27)19-10-11-21-22(16-19)30-14-13-29-21/h1-3,5-7,9-11,15-16,20,25-26H,4,8,12-14,17H2/t20-,25-/m0/s1. The molecule has 0 saturated carbocycles. The van der Waals surface area contributed by atoms with Crippen LogP contribution in [0.25, 0.3) is 0 Å². The van der Waals surface area contributed by atoms with Crippen molar-refractivity contribution in [2.45, 2.75) is 24.9 Å². The summed E-state index contributed by atoms with van der Waals surface area (Å²) in [7, 11) is 0. The summed E-state index contributed by atoms with van der Waals surface area (Å²) in [6.45, 7) is 2.24. The number of carbonyl (C=O) groups excluding carboxylic acids is 1. The summed E-state index contributed by atoms with van der Waals surface area (Å²) >= 11 is 1.71. The van der Waals surface area contributed by atoms with Gasteiger partial charge in [0.2, 0.25) is 5.91 Å². The Morgan fingerprint density at radius 1 is 1.06 bits per heavy atom. The zero-order chi connectivity index (χ0) is 21.0. The maximum absolute atomic E-state index is 13.2. The number of hydrogen-bond donors (Lipinski definition) is 1. The molecule has 0 radical (unpaired) electrons. The van der Waals surface area contributed by atoms with Gasteiger partial charge in [-0.1, -0.05) is 42.5 Å². The number of rotatable bonds is 6. The van der Waals surface area contributed by atoms with Crippen molar-refractivity contribution in [2.75, 3.05) is 26.3 Å². The Labute approximate surface area is 186 Å². The molecule has 2 aliphatic rings. The van der Waals surface area contributed by atoms with Crippen molar-refractivity contribution in [1.82, 2.24) is 10.2 Å². The Hall–Kier alpha value is -2.83. The summed E-state index contributed by atoms with van der Waals surface area (Å²) in [5.41, 5.74) is 2.29. The van der Waals surface area contributed by atoms with Crippen LogP contribution in [0.3, 0.4) is 0 Å². The molecule has 0 spiro atoms. The van der Waals surface area contributed by atoms with E-state index in [0.29, 0.717) is 19.8 Å². The zero-order valence-corrected chi connectivity index (χ0v) is 18.1. The van der Waals surface area contributed by atoms with E-state index in [9.17, 15) is 4.79 Å². The van der Waals surface area contributed by atoms with Gasteiger partial charge >= 0.3 is 0 Å². The summed E-state index contributed by atoms with van der Waals surface area (Å²) in [6.07, 6.45) is 1.98. The summed E-state index contributed by atoms with van der Waals surface area (Å²) in [5.74, 6) is 1.70. The molecular weight excluding hydrogens is 408 g/mol. The highest BCUT2D eigenvalue weighted by atomic mass is 32.1. The van der Waals surface area contributed by atoms with Gasteiger partial charge in [-0.2, -0.15) is 0 Å². The predicted octanol–water partition coefficient (Wildman–Crippen LogP) is 4.56. The van der Waals surface area contributed by atoms with Crippen molar-refractivity contribution in [3.8, 4) is 11.5 Å². The minimum Gasteiger partial charge on any atom is -0.486 e. The van der Waals surface area contributed by atoms with Crippen LogP contribution < -0.4 is 14.8 Å². The molecule has 3 heterocycles. The second-order valence-corrected chi connectivity index (χ2v) is 8.87. The van der Waals surface area contributed by atoms with Crippen LogP contribution >= 0.6 is 11.3 Å². The van der Waals surface area contributed by atoms with Gasteiger partial charge in [-0.25, -0.2) is 0 Å². The quantitative estimate of drug-likeness (QED) is 0.618. The van der Waals surface area contributed by atoms with Crippen LogP contribution in [-0.4, -0.2) is 37.1 Å². The lowest BCUT2D eigenvalue weighted by Gasteiger charge is -2.28. The monoisotopic (exact) mass is 434 g/mol. The first kappa shape index (κ1) is 20.1. The van der Waals surface area contributed by atoms with E-state index < -0.39 is 0 Å². The molecule has 3 aromatic rings. The third kappa shape index (κ3) is 4.31. The molecule has 1 aromatic heterocycles. The summed E-state index contributed by atoms with van der Waals surface area (Å²) in [5, 5.41) is 5.59. The van der Waals surface area contributed by atoms with Crippen molar-refractivity contribution in [1.29, 1.82) is 0 Å². The Morgan fingerprint density at radius 2 is 1.90 bits per heavy atom. The van der Waals surface area contributed by atoms with Crippen molar-refractivity contribution in [3.05, 3.63) is 82.0 Å². The average molecular weight is 435 g/mol. The fourth-order valence-corrected chi connectivity index (χ4v) is 5.28. The number of thiophene rings is 1. The normalized spacial score (nSPS) is 18.7. The molecule has 1 amide bonds. The lowest BCUT2D eigenvalue weighted by molar-refractivity contribution is -0.131. The molecule has 2 atom stereocenters. The van der Waals surface area contributed by atoms with Crippen molar-refractivity contribution in [3.63, 3.8) is 0 Å². The van der Waals surface area contributed by atoms with E-state index in [0.717, 1.165) is 36.4 Å². The van der Waals surface area contributed by atoms with Crippen molar-refractivity contribution < 1.29 is 14.3 Å². The van der Waals surface area contributed by atoms with Gasteiger partial charge < -0.3 is 14.4 Å². The maximum atomic E-state index is 13.2. The molecule has 1 saturated heterocycles.